The van der Waals surface area contributed by atoms with Crippen LogP contribution >= 0.6 is 0 Å². The first-order valence-corrected chi connectivity index (χ1v) is 8.96. The Morgan fingerprint density at radius 2 is 2.08 bits per heavy atom. The molecule has 0 bridgehead atoms. The van der Waals surface area contributed by atoms with Crippen molar-refractivity contribution < 1.29 is 9.53 Å². The minimum Gasteiger partial charge on any atom is -0.375 e. The number of morpholine rings is 1. The van der Waals surface area contributed by atoms with Gasteiger partial charge < -0.3 is 14.2 Å². The van der Waals surface area contributed by atoms with E-state index in [1.54, 1.807) is 31.4 Å². The molecule has 8 nitrogen and oxygen atoms in total. The number of hydrogen-bond acceptors (Lipinski definition) is 6. The van der Waals surface area contributed by atoms with Crippen LogP contribution in [0.4, 0.5) is 0 Å². The van der Waals surface area contributed by atoms with Crippen molar-refractivity contribution in [2.45, 2.75) is 31.0 Å². The fourth-order valence-electron chi connectivity index (χ4n) is 3.86. The molecule has 138 valence electrons. The van der Waals surface area contributed by atoms with Gasteiger partial charge in [-0.15, -0.1) is 0 Å². The molecule has 1 amide bonds. The normalized spacial score (nSPS) is 25.8. The summed E-state index contributed by atoms with van der Waals surface area (Å²) in [6, 6.07) is 0.734. The smallest absolute Gasteiger partial charge is 0.224 e. The average molecular weight is 356 g/mol. The lowest BCUT2D eigenvalue weighted by Gasteiger charge is -2.35. The third-order valence-electron chi connectivity index (χ3n) is 5.25. The zero-order valence-corrected chi connectivity index (χ0v) is 15.2. The molecule has 0 aromatic carbocycles. The molecule has 8 heteroatoms. The van der Waals surface area contributed by atoms with Crippen LogP contribution in [0, 0.1) is 0 Å². The molecular formula is C18H24N6O2. The van der Waals surface area contributed by atoms with Crippen molar-refractivity contribution in [3.63, 3.8) is 0 Å². The van der Waals surface area contributed by atoms with E-state index in [9.17, 15) is 4.79 Å². The monoisotopic (exact) mass is 356 g/mol. The van der Waals surface area contributed by atoms with E-state index in [2.05, 4.69) is 24.4 Å². The van der Waals surface area contributed by atoms with Gasteiger partial charge in [0, 0.05) is 64.1 Å². The van der Waals surface area contributed by atoms with Gasteiger partial charge in [0.25, 0.3) is 0 Å². The Bertz CT molecular complexity index is 762. The Labute approximate surface area is 152 Å². The SMILES string of the molecule is CN(C)C(=O)C[C@H]1CN2C[C@H](n3ccnc3-c3cncnc3)C[C@H]2CO1. The molecule has 2 aromatic rings. The second-order valence-electron chi connectivity index (χ2n) is 7.23. The number of carbonyl (C=O) groups is 1. The Morgan fingerprint density at radius 3 is 2.85 bits per heavy atom. The van der Waals surface area contributed by atoms with Crippen LogP contribution in [0.15, 0.2) is 31.1 Å². The Hall–Kier alpha value is -2.32. The quantitative estimate of drug-likeness (QED) is 0.808. The summed E-state index contributed by atoms with van der Waals surface area (Å²) in [5.41, 5.74) is 0.924. The Morgan fingerprint density at radius 1 is 1.27 bits per heavy atom. The van der Waals surface area contributed by atoms with Crippen molar-refractivity contribution in [2.24, 2.45) is 0 Å². The molecule has 2 fully saturated rings. The zero-order chi connectivity index (χ0) is 18.1. The van der Waals surface area contributed by atoms with E-state index < -0.39 is 0 Å². The number of rotatable bonds is 4. The number of carbonyl (C=O) groups excluding carboxylic acids is 1. The number of fused-ring (bicyclic) bond motifs is 1. The summed E-state index contributed by atoms with van der Waals surface area (Å²) in [7, 11) is 3.57. The molecule has 3 atom stereocenters. The standard InChI is InChI=1S/C18H24N6O2/c1-22(2)17(25)6-16-10-23-9-14(5-15(23)11-26-16)24-4-3-21-18(24)13-7-19-12-20-8-13/h3-4,7-8,12,14-16H,5-6,9-11H2,1-2H3/t14-,15+,16+/m1/s1. The van der Waals surface area contributed by atoms with Gasteiger partial charge >= 0.3 is 0 Å². The lowest BCUT2D eigenvalue weighted by atomic mass is 10.1. The molecule has 26 heavy (non-hydrogen) atoms. The van der Waals surface area contributed by atoms with Gasteiger partial charge in [-0.3, -0.25) is 9.69 Å². The molecule has 4 heterocycles. The molecule has 4 rings (SSSR count). The summed E-state index contributed by atoms with van der Waals surface area (Å²) in [5.74, 6) is 1.01. The minimum absolute atomic E-state index is 0.0234. The van der Waals surface area contributed by atoms with Crippen molar-refractivity contribution in [1.82, 2.24) is 29.3 Å². The third-order valence-corrected chi connectivity index (χ3v) is 5.25. The second kappa shape index (κ2) is 7.13. The maximum absolute atomic E-state index is 12.0. The van der Waals surface area contributed by atoms with Gasteiger partial charge in [0.15, 0.2) is 0 Å². The number of ether oxygens (including phenoxy) is 1. The van der Waals surface area contributed by atoms with E-state index in [0.717, 1.165) is 30.9 Å². The van der Waals surface area contributed by atoms with Crippen LogP contribution in [0.3, 0.4) is 0 Å². The summed E-state index contributed by atoms with van der Waals surface area (Å²) in [5, 5.41) is 0. The van der Waals surface area contributed by atoms with Crippen LogP contribution in [0.25, 0.3) is 11.4 Å². The predicted molar refractivity (Wildman–Crippen MR) is 95.3 cm³/mol. The average Bonchev–Trinajstić information content (AvgIpc) is 3.28. The molecule has 0 unspecified atom stereocenters. The molecule has 2 aliphatic heterocycles. The minimum atomic E-state index is -0.0234. The fourth-order valence-corrected chi connectivity index (χ4v) is 3.86. The van der Waals surface area contributed by atoms with Crippen molar-refractivity contribution in [2.75, 3.05) is 33.8 Å². The van der Waals surface area contributed by atoms with Crippen molar-refractivity contribution >= 4 is 5.91 Å². The van der Waals surface area contributed by atoms with E-state index >= 15 is 0 Å². The van der Waals surface area contributed by atoms with E-state index in [4.69, 9.17) is 4.74 Å². The summed E-state index contributed by atoms with van der Waals surface area (Å²) in [4.78, 5) is 28.7. The number of nitrogens with zero attached hydrogens (tertiary/aromatic N) is 6. The molecule has 2 aromatic heterocycles. The van der Waals surface area contributed by atoms with Crippen LogP contribution in [0.2, 0.25) is 0 Å². The summed E-state index contributed by atoms with van der Waals surface area (Å²) >= 11 is 0. The molecule has 2 saturated heterocycles. The van der Waals surface area contributed by atoms with Crippen LogP contribution in [-0.2, 0) is 9.53 Å². The van der Waals surface area contributed by atoms with E-state index in [-0.39, 0.29) is 12.0 Å². The van der Waals surface area contributed by atoms with Crippen molar-refractivity contribution in [3.8, 4) is 11.4 Å². The van der Waals surface area contributed by atoms with Gasteiger partial charge in [0.1, 0.15) is 12.2 Å². The second-order valence-corrected chi connectivity index (χ2v) is 7.23. The summed E-state index contributed by atoms with van der Waals surface area (Å²) < 4.78 is 8.18. The predicted octanol–water partition coefficient (Wildman–Crippen LogP) is 0.833. The highest BCUT2D eigenvalue weighted by Gasteiger charge is 2.39. The molecule has 2 aliphatic rings. The van der Waals surface area contributed by atoms with Crippen LogP contribution in [0.5, 0.6) is 0 Å². The van der Waals surface area contributed by atoms with Gasteiger partial charge in [-0.2, -0.15) is 0 Å². The maximum atomic E-state index is 12.0. The maximum Gasteiger partial charge on any atom is 0.224 e. The van der Waals surface area contributed by atoms with Crippen LogP contribution in [-0.4, -0.2) is 81.2 Å². The number of amides is 1. The molecule has 0 radical (unpaired) electrons. The molecule has 0 N–H and O–H groups in total. The van der Waals surface area contributed by atoms with E-state index in [0.29, 0.717) is 25.1 Å². The molecule has 0 saturated carbocycles. The van der Waals surface area contributed by atoms with E-state index in [1.165, 1.54) is 6.33 Å². The zero-order valence-electron chi connectivity index (χ0n) is 15.2. The number of aromatic nitrogens is 4. The summed E-state index contributed by atoms with van der Waals surface area (Å²) in [6.07, 6.45) is 10.4. The molecule has 0 spiro atoms. The first-order valence-electron chi connectivity index (χ1n) is 8.96. The number of hydrogen-bond donors (Lipinski definition) is 0. The van der Waals surface area contributed by atoms with Crippen molar-refractivity contribution in [1.29, 1.82) is 0 Å². The number of imidazole rings is 1. The largest absolute Gasteiger partial charge is 0.375 e. The van der Waals surface area contributed by atoms with Crippen molar-refractivity contribution in [3.05, 3.63) is 31.1 Å². The van der Waals surface area contributed by atoms with Crippen LogP contribution in [0.1, 0.15) is 18.9 Å². The van der Waals surface area contributed by atoms with Crippen LogP contribution < -0.4 is 0 Å². The first kappa shape index (κ1) is 17.1. The van der Waals surface area contributed by atoms with Gasteiger partial charge in [-0.05, 0) is 6.42 Å². The Balaban J connectivity index is 1.45. The molecular weight excluding hydrogens is 332 g/mol. The lowest BCUT2D eigenvalue weighted by Crippen LogP contribution is -2.47. The third kappa shape index (κ3) is 3.34. The Kier molecular flexibility index (Phi) is 4.69. The lowest BCUT2D eigenvalue weighted by molar-refractivity contribution is -0.134. The highest BCUT2D eigenvalue weighted by Crippen LogP contribution is 2.33. The van der Waals surface area contributed by atoms with Gasteiger partial charge in [-0.25, -0.2) is 15.0 Å². The fraction of sp³-hybridized carbons (Fsp3) is 0.556. The molecule has 0 aliphatic carbocycles. The van der Waals surface area contributed by atoms with Gasteiger partial charge in [0.05, 0.1) is 24.7 Å². The van der Waals surface area contributed by atoms with E-state index in [1.807, 2.05) is 12.4 Å². The highest BCUT2D eigenvalue weighted by atomic mass is 16.5. The first-order chi connectivity index (χ1) is 12.6. The van der Waals surface area contributed by atoms with Gasteiger partial charge in [0.2, 0.25) is 5.91 Å². The van der Waals surface area contributed by atoms with Gasteiger partial charge in [-0.1, -0.05) is 0 Å². The highest BCUT2D eigenvalue weighted by molar-refractivity contribution is 5.76. The summed E-state index contributed by atoms with van der Waals surface area (Å²) in [6.45, 7) is 2.43. The topological polar surface area (TPSA) is 76.4 Å².